The molecule has 0 radical (unpaired) electrons. The molecule has 1 N–H and O–H groups in total. The summed E-state index contributed by atoms with van der Waals surface area (Å²) in [5.74, 6) is 1.65. The third kappa shape index (κ3) is 10.4. The summed E-state index contributed by atoms with van der Waals surface area (Å²) >= 11 is 0. The molecule has 0 aliphatic carbocycles. The van der Waals surface area contributed by atoms with Crippen LogP contribution in [0.25, 0.3) is 0 Å². The van der Waals surface area contributed by atoms with Gasteiger partial charge in [0.15, 0.2) is 0 Å². The Morgan fingerprint density at radius 3 is 1.75 bits per heavy atom. The van der Waals surface area contributed by atoms with E-state index < -0.39 is 0 Å². The molecule has 98 valence electrons. The van der Waals surface area contributed by atoms with E-state index in [2.05, 4.69) is 37.9 Å². The molecule has 0 aliphatic rings. The summed E-state index contributed by atoms with van der Waals surface area (Å²) in [7, 11) is 2.03. The fourth-order valence-corrected chi connectivity index (χ4v) is 1.70. The van der Waals surface area contributed by atoms with E-state index in [0.717, 1.165) is 18.4 Å². The lowest BCUT2D eigenvalue weighted by molar-refractivity contribution is 0.240. The zero-order chi connectivity index (χ0) is 12.4. The van der Waals surface area contributed by atoms with Crippen molar-refractivity contribution in [3.8, 4) is 0 Å². The van der Waals surface area contributed by atoms with Gasteiger partial charge in [0.25, 0.3) is 0 Å². The Bertz CT molecular complexity index is 132. The average molecular weight is 228 g/mol. The maximum atomic E-state index is 3.23. The molecule has 0 heterocycles. The van der Waals surface area contributed by atoms with Crippen LogP contribution in [0.15, 0.2) is 0 Å². The first kappa shape index (κ1) is 15.9. The predicted molar refractivity (Wildman–Crippen MR) is 73.9 cm³/mol. The van der Waals surface area contributed by atoms with Crippen LogP contribution in [0, 0.1) is 11.8 Å². The highest BCUT2D eigenvalue weighted by molar-refractivity contribution is 4.61. The van der Waals surface area contributed by atoms with E-state index in [-0.39, 0.29) is 0 Å². The maximum Gasteiger partial charge on any atom is -0.000664 e. The first-order chi connectivity index (χ1) is 7.56. The van der Waals surface area contributed by atoms with Crippen molar-refractivity contribution in [3.63, 3.8) is 0 Å². The Morgan fingerprint density at radius 2 is 1.38 bits per heavy atom. The molecule has 0 aromatic carbocycles. The van der Waals surface area contributed by atoms with Gasteiger partial charge in [0, 0.05) is 0 Å². The summed E-state index contributed by atoms with van der Waals surface area (Å²) in [4.78, 5) is 2.64. The third-order valence-corrected chi connectivity index (χ3v) is 2.95. The van der Waals surface area contributed by atoms with Crippen LogP contribution in [-0.2, 0) is 0 Å². The van der Waals surface area contributed by atoms with Gasteiger partial charge in [0.2, 0.25) is 0 Å². The number of hydrogen-bond donors (Lipinski definition) is 1. The molecule has 0 unspecified atom stereocenters. The van der Waals surface area contributed by atoms with E-state index in [4.69, 9.17) is 0 Å². The topological polar surface area (TPSA) is 15.3 Å². The van der Waals surface area contributed by atoms with Crippen molar-refractivity contribution >= 4 is 0 Å². The van der Waals surface area contributed by atoms with Gasteiger partial charge in [0.1, 0.15) is 0 Å². The minimum Gasteiger partial charge on any atom is -0.320 e. The maximum absolute atomic E-state index is 3.23. The highest BCUT2D eigenvalue weighted by Crippen LogP contribution is 2.06. The summed E-state index contributed by atoms with van der Waals surface area (Å²) in [5, 5.41) is 3.23. The molecule has 0 rings (SSSR count). The highest BCUT2D eigenvalue weighted by atomic mass is 15.1. The fraction of sp³-hybridized carbons (Fsp3) is 1.00. The van der Waals surface area contributed by atoms with Crippen molar-refractivity contribution in [2.24, 2.45) is 11.8 Å². The Hall–Kier alpha value is -0.0800. The summed E-state index contributed by atoms with van der Waals surface area (Å²) in [6, 6.07) is 0. The fourth-order valence-electron chi connectivity index (χ4n) is 1.70. The van der Waals surface area contributed by atoms with Gasteiger partial charge in [-0.05, 0) is 64.3 Å². The van der Waals surface area contributed by atoms with Crippen LogP contribution in [-0.4, -0.2) is 38.1 Å². The van der Waals surface area contributed by atoms with Crippen molar-refractivity contribution in [2.45, 2.75) is 47.0 Å². The van der Waals surface area contributed by atoms with Crippen LogP contribution in [0.1, 0.15) is 47.0 Å². The molecular weight excluding hydrogens is 196 g/mol. The molecule has 0 aromatic heterocycles. The lowest BCUT2D eigenvalue weighted by Gasteiger charge is -2.24. The van der Waals surface area contributed by atoms with Crippen LogP contribution in [0.2, 0.25) is 0 Å². The molecule has 0 saturated carbocycles. The van der Waals surface area contributed by atoms with Crippen molar-refractivity contribution in [3.05, 3.63) is 0 Å². The van der Waals surface area contributed by atoms with Crippen LogP contribution in [0.4, 0.5) is 0 Å². The predicted octanol–water partition coefficient (Wildman–Crippen LogP) is 2.99. The second-order valence-corrected chi connectivity index (χ2v) is 5.66. The summed E-state index contributed by atoms with van der Waals surface area (Å²) in [6.07, 6.45) is 3.93. The van der Waals surface area contributed by atoms with Gasteiger partial charge in [0.05, 0.1) is 0 Å². The molecule has 0 aromatic rings. The number of nitrogens with zero attached hydrogens (tertiary/aromatic N) is 1. The smallest absolute Gasteiger partial charge is 0.000664 e. The first-order valence-electron chi connectivity index (χ1n) is 6.93. The van der Waals surface area contributed by atoms with Gasteiger partial charge in [-0.25, -0.2) is 0 Å². The molecule has 2 nitrogen and oxygen atoms in total. The van der Waals surface area contributed by atoms with E-state index >= 15 is 0 Å². The minimum absolute atomic E-state index is 0.825. The van der Waals surface area contributed by atoms with Gasteiger partial charge in [-0.2, -0.15) is 0 Å². The van der Waals surface area contributed by atoms with E-state index in [1.807, 2.05) is 7.05 Å². The molecule has 0 amide bonds. The van der Waals surface area contributed by atoms with Crippen LogP contribution in [0.5, 0.6) is 0 Å². The van der Waals surface area contributed by atoms with E-state index in [0.29, 0.717) is 0 Å². The Labute approximate surface area is 103 Å². The molecular formula is C14H32N2. The molecule has 0 saturated heterocycles. The zero-order valence-electron chi connectivity index (χ0n) is 12.1. The lowest BCUT2D eigenvalue weighted by atomic mass is 10.1. The van der Waals surface area contributed by atoms with Crippen LogP contribution in [0.3, 0.4) is 0 Å². The average Bonchev–Trinajstić information content (AvgIpc) is 2.21. The zero-order valence-corrected chi connectivity index (χ0v) is 12.1. The van der Waals surface area contributed by atoms with Crippen LogP contribution >= 0.6 is 0 Å². The van der Waals surface area contributed by atoms with Crippen molar-refractivity contribution in [1.29, 1.82) is 0 Å². The van der Waals surface area contributed by atoms with Gasteiger partial charge < -0.3 is 10.2 Å². The highest BCUT2D eigenvalue weighted by Gasteiger charge is 2.06. The van der Waals surface area contributed by atoms with Gasteiger partial charge in [-0.3, -0.25) is 0 Å². The second-order valence-electron chi connectivity index (χ2n) is 5.66. The number of hydrogen-bond acceptors (Lipinski definition) is 2. The second kappa shape index (κ2) is 10.1. The monoisotopic (exact) mass is 228 g/mol. The van der Waals surface area contributed by atoms with Gasteiger partial charge in [-0.1, -0.05) is 27.7 Å². The summed E-state index contributed by atoms with van der Waals surface area (Å²) in [5.41, 5.74) is 0. The van der Waals surface area contributed by atoms with E-state index in [1.165, 1.54) is 38.9 Å². The Kier molecular flexibility index (Phi) is 10.0. The summed E-state index contributed by atoms with van der Waals surface area (Å²) < 4.78 is 0. The molecule has 0 aliphatic heterocycles. The van der Waals surface area contributed by atoms with Gasteiger partial charge in [-0.15, -0.1) is 0 Å². The largest absolute Gasteiger partial charge is 0.320 e. The minimum atomic E-state index is 0.825. The molecule has 0 bridgehead atoms. The number of nitrogens with one attached hydrogen (secondary N) is 1. The Morgan fingerprint density at radius 1 is 0.875 bits per heavy atom. The molecule has 2 heteroatoms. The molecule has 16 heavy (non-hydrogen) atoms. The van der Waals surface area contributed by atoms with Crippen molar-refractivity contribution in [1.82, 2.24) is 10.2 Å². The van der Waals surface area contributed by atoms with Crippen LogP contribution < -0.4 is 5.32 Å². The molecule has 0 atom stereocenters. The van der Waals surface area contributed by atoms with Gasteiger partial charge >= 0.3 is 0 Å². The van der Waals surface area contributed by atoms with Crippen molar-refractivity contribution in [2.75, 3.05) is 33.2 Å². The quantitative estimate of drug-likeness (QED) is 0.578. The molecule has 0 fully saturated rings. The normalized spacial score (nSPS) is 12.0. The first-order valence-corrected chi connectivity index (χ1v) is 6.93. The van der Waals surface area contributed by atoms with E-state index in [9.17, 15) is 0 Å². The standard InChI is InChI=1S/C14H32N2/c1-13(2)7-11-16(10-6-9-15-5)12-8-14(3)4/h13-15H,6-12H2,1-5H3. The summed E-state index contributed by atoms with van der Waals surface area (Å²) in [6.45, 7) is 14.2. The Balaban J connectivity index is 3.76. The third-order valence-electron chi connectivity index (χ3n) is 2.95. The SMILES string of the molecule is CNCCCN(CCC(C)C)CCC(C)C. The molecule has 0 spiro atoms. The number of rotatable bonds is 10. The van der Waals surface area contributed by atoms with E-state index in [1.54, 1.807) is 0 Å². The lowest BCUT2D eigenvalue weighted by Crippen LogP contribution is -2.30. The van der Waals surface area contributed by atoms with Crippen molar-refractivity contribution < 1.29 is 0 Å².